The van der Waals surface area contributed by atoms with E-state index in [9.17, 15) is 9.59 Å². The van der Waals surface area contributed by atoms with Gasteiger partial charge in [0.05, 0.1) is 13.2 Å². The van der Waals surface area contributed by atoms with Crippen molar-refractivity contribution in [2.45, 2.75) is 0 Å². The van der Waals surface area contributed by atoms with Gasteiger partial charge < -0.3 is 15.0 Å². The number of benzene rings is 1. The van der Waals surface area contributed by atoms with Gasteiger partial charge in [-0.15, -0.1) is 0 Å². The number of morpholine rings is 1. The Labute approximate surface area is 140 Å². The highest BCUT2D eigenvalue weighted by Gasteiger charge is 2.13. The number of carbonyl (C=O) groups is 1. The van der Waals surface area contributed by atoms with Crippen molar-refractivity contribution in [3.63, 3.8) is 0 Å². The SMILES string of the molecule is O=C(NCCN1CCOCC1)c1ccc(-c2ccccc2)[nH]c1=O. The molecular formula is C18H21N3O3. The Morgan fingerprint density at radius 3 is 2.58 bits per heavy atom. The summed E-state index contributed by atoms with van der Waals surface area (Å²) in [6.45, 7) is 4.49. The summed E-state index contributed by atoms with van der Waals surface area (Å²) in [4.78, 5) is 29.4. The van der Waals surface area contributed by atoms with Crippen LogP contribution in [0.5, 0.6) is 0 Å². The highest BCUT2D eigenvalue weighted by atomic mass is 16.5. The Balaban J connectivity index is 1.59. The molecule has 2 aromatic rings. The molecule has 6 nitrogen and oxygen atoms in total. The van der Waals surface area contributed by atoms with Crippen molar-refractivity contribution in [2.75, 3.05) is 39.4 Å². The molecule has 126 valence electrons. The molecule has 1 fully saturated rings. The summed E-state index contributed by atoms with van der Waals surface area (Å²) in [5, 5.41) is 2.80. The minimum atomic E-state index is -0.375. The van der Waals surface area contributed by atoms with Gasteiger partial charge in [0.1, 0.15) is 5.56 Å². The Morgan fingerprint density at radius 1 is 1.12 bits per heavy atom. The van der Waals surface area contributed by atoms with Crippen molar-refractivity contribution in [1.82, 2.24) is 15.2 Å². The van der Waals surface area contributed by atoms with Gasteiger partial charge in [-0.05, 0) is 17.7 Å². The molecular weight excluding hydrogens is 306 g/mol. The lowest BCUT2D eigenvalue weighted by Crippen LogP contribution is -2.42. The maximum Gasteiger partial charge on any atom is 0.261 e. The van der Waals surface area contributed by atoms with Crippen LogP contribution in [-0.4, -0.2) is 55.2 Å². The molecule has 6 heteroatoms. The van der Waals surface area contributed by atoms with Crippen LogP contribution in [-0.2, 0) is 4.74 Å². The monoisotopic (exact) mass is 327 g/mol. The van der Waals surface area contributed by atoms with Crippen LogP contribution < -0.4 is 10.9 Å². The zero-order chi connectivity index (χ0) is 16.8. The summed E-state index contributed by atoms with van der Waals surface area (Å²) in [5.74, 6) is -0.343. The zero-order valence-electron chi connectivity index (χ0n) is 13.5. The predicted molar refractivity (Wildman–Crippen MR) is 92.1 cm³/mol. The van der Waals surface area contributed by atoms with Crippen molar-refractivity contribution in [1.29, 1.82) is 0 Å². The van der Waals surface area contributed by atoms with Crippen molar-refractivity contribution in [3.05, 3.63) is 58.4 Å². The van der Waals surface area contributed by atoms with Crippen LogP contribution in [0.15, 0.2) is 47.3 Å². The molecule has 24 heavy (non-hydrogen) atoms. The molecule has 0 spiro atoms. The molecule has 0 atom stereocenters. The fraction of sp³-hybridized carbons (Fsp3) is 0.333. The first-order valence-corrected chi connectivity index (χ1v) is 8.11. The second kappa shape index (κ2) is 7.90. The van der Waals surface area contributed by atoms with E-state index >= 15 is 0 Å². The lowest BCUT2D eigenvalue weighted by Gasteiger charge is -2.26. The minimum absolute atomic E-state index is 0.136. The van der Waals surface area contributed by atoms with Crippen LogP contribution in [0, 0.1) is 0 Å². The van der Waals surface area contributed by atoms with Crippen LogP contribution in [0.25, 0.3) is 11.3 Å². The van der Waals surface area contributed by atoms with E-state index in [1.54, 1.807) is 12.1 Å². The molecule has 2 heterocycles. The third-order valence-electron chi connectivity index (χ3n) is 4.06. The molecule has 2 N–H and O–H groups in total. The third-order valence-corrected chi connectivity index (χ3v) is 4.06. The summed E-state index contributed by atoms with van der Waals surface area (Å²) < 4.78 is 5.29. The van der Waals surface area contributed by atoms with E-state index in [0.29, 0.717) is 12.2 Å². The number of rotatable bonds is 5. The van der Waals surface area contributed by atoms with Crippen molar-refractivity contribution < 1.29 is 9.53 Å². The molecule has 0 saturated carbocycles. The highest BCUT2D eigenvalue weighted by Crippen LogP contribution is 2.14. The maximum atomic E-state index is 12.2. The Morgan fingerprint density at radius 2 is 1.88 bits per heavy atom. The molecule has 1 aliphatic heterocycles. The van der Waals surface area contributed by atoms with E-state index in [4.69, 9.17) is 4.74 Å². The largest absolute Gasteiger partial charge is 0.379 e. The molecule has 1 saturated heterocycles. The lowest BCUT2D eigenvalue weighted by atomic mass is 10.1. The van der Waals surface area contributed by atoms with Gasteiger partial charge in [-0.1, -0.05) is 30.3 Å². The van der Waals surface area contributed by atoms with Crippen LogP contribution in [0.1, 0.15) is 10.4 Å². The van der Waals surface area contributed by atoms with Gasteiger partial charge in [-0.25, -0.2) is 0 Å². The van der Waals surface area contributed by atoms with Crippen molar-refractivity contribution in [3.8, 4) is 11.3 Å². The second-order valence-corrected chi connectivity index (χ2v) is 5.69. The van der Waals surface area contributed by atoms with E-state index in [-0.39, 0.29) is 17.0 Å². The lowest BCUT2D eigenvalue weighted by molar-refractivity contribution is 0.0383. The van der Waals surface area contributed by atoms with Gasteiger partial charge in [-0.3, -0.25) is 14.5 Å². The number of H-pyrrole nitrogens is 1. The van der Waals surface area contributed by atoms with E-state index in [2.05, 4.69) is 15.2 Å². The van der Waals surface area contributed by atoms with Crippen LogP contribution in [0.2, 0.25) is 0 Å². The van der Waals surface area contributed by atoms with Gasteiger partial charge in [0.15, 0.2) is 0 Å². The molecule has 1 aliphatic rings. The standard InChI is InChI=1S/C18H21N3O3/c22-17(19-8-9-21-10-12-24-13-11-21)15-6-7-16(20-18(15)23)14-4-2-1-3-5-14/h1-7H,8-13H2,(H,19,22)(H,20,23). The number of ether oxygens (including phenoxy) is 1. The van der Waals surface area contributed by atoms with Crippen LogP contribution >= 0.6 is 0 Å². The van der Waals surface area contributed by atoms with Crippen LogP contribution in [0.4, 0.5) is 0 Å². The van der Waals surface area contributed by atoms with Gasteiger partial charge in [0, 0.05) is 31.9 Å². The number of nitrogens with one attached hydrogen (secondary N) is 2. The van der Waals surface area contributed by atoms with Gasteiger partial charge in [0.25, 0.3) is 11.5 Å². The fourth-order valence-electron chi connectivity index (χ4n) is 2.69. The van der Waals surface area contributed by atoms with Crippen molar-refractivity contribution in [2.24, 2.45) is 0 Å². The predicted octanol–water partition coefficient (Wildman–Crippen LogP) is 1.10. The molecule has 0 radical (unpaired) electrons. The molecule has 3 rings (SSSR count). The third kappa shape index (κ3) is 4.10. The second-order valence-electron chi connectivity index (χ2n) is 5.69. The highest BCUT2D eigenvalue weighted by molar-refractivity contribution is 5.94. The van der Waals surface area contributed by atoms with Gasteiger partial charge in [-0.2, -0.15) is 0 Å². The number of carbonyl (C=O) groups excluding carboxylic acids is 1. The zero-order valence-corrected chi connectivity index (χ0v) is 13.5. The summed E-state index contributed by atoms with van der Waals surface area (Å²) in [7, 11) is 0. The number of pyridine rings is 1. The number of nitrogens with zero attached hydrogens (tertiary/aromatic N) is 1. The Bertz CT molecular complexity index is 737. The summed E-state index contributed by atoms with van der Waals surface area (Å²) in [5.41, 5.74) is 1.37. The Kier molecular flexibility index (Phi) is 5.40. The summed E-state index contributed by atoms with van der Waals surface area (Å²) in [6.07, 6.45) is 0. The first-order chi connectivity index (χ1) is 11.7. The molecule has 1 aromatic heterocycles. The fourth-order valence-corrected chi connectivity index (χ4v) is 2.69. The Hall–Kier alpha value is -2.44. The average Bonchev–Trinajstić information content (AvgIpc) is 2.63. The molecule has 1 aromatic carbocycles. The number of aromatic amines is 1. The van der Waals surface area contributed by atoms with Crippen molar-refractivity contribution >= 4 is 5.91 Å². The maximum absolute atomic E-state index is 12.2. The number of hydrogen-bond acceptors (Lipinski definition) is 4. The average molecular weight is 327 g/mol. The van der Waals surface area contributed by atoms with E-state index in [0.717, 1.165) is 38.4 Å². The quantitative estimate of drug-likeness (QED) is 0.862. The normalized spacial score (nSPS) is 15.2. The van der Waals surface area contributed by atoms with E-state index in [1.165, 1.54) is 0 Å². The van der Waals surface area contributed by atoms with Crippen LogP contribution in [0.3, 0.4) is 0 Å². The minimum Gasteiger partial charge on any atom is -0.379 e. The van der Waals surface area contributed by atoms with Gasteiger partial charge >= 0.3 is 0 Å². The molecule has 0 unspecified atom stereocenters. The number of hydrogen-bond donors (Lipinski definition) is 2. The number of amides is 1. The molecule has 0 aliphatic carbocycles. The van der Waals surface area contributed by atoms with E-state index < -0.39 is 0 Å². The molecule has 1 amide bonds. The first kappa shape index (κ1) is 16.4. The number of aromatic nitrogens is 1. The van der Waals surface area contributed by atoms with E-state index in [1.807, 2.05) is 30.3 Å². The smallest absolute Gasteiger partial charge is 0.261 e. The summed E-state index contributed by atoms with van der Waals surface area (Å²) in [6, 6.07) is 12.9. The first-order valence-electron chi connectivity index (χ1n) is 8.11. The topological polar surface area (TPSA) is 74.4 Å². The van der Waals surface area contributed by atoms with Gasteiger partial charge in [0.2, 0.25) is 0 Å². The summed E-state index contributed by atoms with van der Waals surface area (Å²) >= 11 is 0. The molecule has 0 bridgehead atoms.